The van der Waals surface area contributed by atoms with Crippen molar-refractivity contribution in [2.75, 3.05) is 7.11 Å². The highest BCUT2D eigenvalue weighted by Gasteiger charge is 2.10. The van der Waals surface area contributed by atoms with Crippen molar-refractivity contribution in [2.45, 2.75) is 0 Å². The molecule has 0 atom stereocenters. The summed E-state index contributed by atoms with van der Waals surface area (Å²) in [6, 6.07) is 1.04. The maximum atomic E-state index is 10.7. The molecule has 0 unspecified atom stereocenters. The second-order valence-electron chi connectivity index (χ2n) is 2.02. The smallest absolute Gasteiger partial charge is 0.265 e. The number of hydrogen-bond acceptors (Lipinski definition) is 4. The van der Waals surface area contributed by atoms with Crippen molar-refractivity contribution >= 4 is 5.91 Å². The van der Waals surface area contributed by atoms with E-state index in [-0.39, 0.29) is 11.4 Å². The number of aromatic amines is 1. The summed E-state index contributed by atoms with van der Waals surface area (Å²) in [6.45, 7) is 0. The summed E-state index contributed by atoms with van der Waals surface area (Å²) in [7, 11) is 1.33. The SMILES string of the molecule is COc1n[nH]c(=O)cc1C(N)=O. The number of carbonyl (C=O) groups excluding carboxylic acids is 1. The van der Waals surface area contributed by atoms with E-state index < -0.39 is 11.5 Å². The highest BCUT2D eigenvalue weighted by molar-refractivity contribution is 5.94. The molecule has 0 aromatic carbocycles. The maximum Gasteiger partial charge on any atom is 0.265 e. The van der Waals surface area contributed by atoms with Gasteiger partial charge in [0.05, 0.1) is 7.11 Å². The number of nitrogens with one attached hydrogen (secondary N) is 1. The first-order valence-electron chi connectivity index (χ1n) is 3.08. The van der Waals surface area contributed by atoms with Crippen LogP contribution in [-0.2, 0) is 0 Å². The molecule has 0 fully saturated rings. The second-order valence-corrected chi connectivity index (χ2v) is 2.02. The van der Waals surface area contributed by atoms with Crippen molar-refractivity contribution in [1.82, 2.24) is 10.2 Å². The summed E-state index contributed by atoms with van der Waals surface area (Å²) in [5.74, 6) is -0.729. The summed E-state index contributed by atoms with van der Waals surface area (Å²) in [5, 5.41) is 5.57. The average Bonchev–Trinajstić information content (AvgIpc) is 2.04. The lowest BCUT2D eigenvalue weighted by molar-refractivity contribution is 0.0996. The standard InChI is InChI=1S/C6H7N3O3/c1-12-6-3(5(7)11)2-4(10)8-9-6/h2H,1H3,(H2,7,11)(H,8,10). The molecule has 64 valence electrons. The molecule has 1 amide bonds. The number of aromatic nitrogens is 2. The average molecular weight is 169 g/mol. The van der Waals surface area contributed by atoms with Crippen LogP contribution < -0.4 is 16.0 Å². The number of nitrogens with zero attached hydrogens (tertiary/aromatic N) is 1. The van der Waals surface area contributed by atoms with E-state index in [0.717, 1.165) is 6.07 Å². The third-order valence-electron chi connectivity index (χ3n) is 1.23. The van der Waals surface area contributed by atoms with Crippen LogP contribution in [0.2, 0.25) is 0 Å². The minimum absolute atomic E-state index is 0.0158. The monoisotopic (exact) mass is 169 g/mol. The second kappa shape index (κ2) is 3.04. The lowest BCUT2D eigenvalue weighted by Gasteiger charge is -2.00. The van der Waals surface area contributed by atoms with Gasteiger partial charge in [-0.3, -0.25) is 9.59 Å². The molecule has 0 aliphatic rings. The number of amides is 1. The highest BCUT2D eigenvalue weighted by Crippen LogP contribution is 2.08. The van der Waals surface area contributed by atoms with Crippen LogP contribution in [0.1, 0.15) is 10.4 Å². The van der Waals surface area contributed by atoms with Crippen LogP contribution in [0.5, 0.6) is 5.88 Å². The molecule has 0 saturated heterocycles. The third kappa shape index (κ3) is 1.42. The summed E-state index contributed by atoms with van der Waals surface area (Å²) in [6.07, 6.45) is 0. The van der Waals surface area contributed by atoms with Crippen molar-refractivity contribution in [2.24, 2.45) is 5.73 Å². The number of ether oxygens (including phenoxy) is 1. The van der Waals surface area contributed by atoms with E-state index in [2.05, 4.69) is 14.9 Å². The van der Waals surface area contributed by atoms with Crippen LogP contribution in [0.3, 0.4) is 0 Å². The number of methoxy groups -OCH3 is 1. The topological polar surface area (TPSA) is 98.1 Å². The van der Waals surface area contributed by atoms with Crippen molar-refractivity contribution < 1.29 is 9.53 Å². The van der Waals surface area contributed by atoms with Gasteiger partial charge >= 0.3 is 0 Å². The summed E-state index contributed by atoms with van der Waals surface area (Å²) < 4.78 is 4.68. The van der Waals surface area contributed by atoms with E-state index in [4.69, 9.17) is 5.73 Å². The van der Waals surface area contributed by atoms with Gasteiger partial charge in [-0.15, -0.1) is 5.10 Å². The van der Waals surface area contributed by atoms with Gasteiger partial charge in [0.25, 0.3) is 11.5 Å². The molecular weight excluding hydrogens is 162 g/mol. The van der Waals surface area contributed by atoms with Gasteiger partial charge in [0.2, 0.25) is 5.88 Å². The van der Waals surface area contributed by atoms with E-state index in [1.54, 1.807) is 0 Å². The van der Waals surface area contributed by atoms with Gasteiger partial charge in [-0.25, -0.2) is 5.10 Å². The van der Waals surface area contributed by atoms with Gasteiger partial charge in [0.1, 0.15) is 5.56 Å². The number of primary amides is 1. The molecular formula is C6H7N3O3. The molecule has 6 nitrogen and oxygen atoms in total. The molecule has 12 heavy (non-hydrogen) atoms. The Morgan fingerprint density at radius 1 is 1.75 bits per heavy atom. The molecule has 1 aromatic heterocycles. The quantitative estimate of drug-likeness (QED) is 0.585. The van der Waals surface area contributed by atoms with Crippen LogP contribution in [0, 0.1) is 0 Å². The van der Waals surface area contributed by atoms with Crippen LogP contribution in [0.15, 0.2) is 10.9 Å². The van der Waals surface area contributed by atoms with Crippen LogP contribution in [0.25, 0.3) is 0 Å². The molecule has 0 saturated carbocycles. The molecule has 0 spiro atoms. The van der Waals surface area contributed by atoms with Gasteiger partial charge in [0, 0.05) is 6.07 Å². The fraction of sp³-hybridized carbons (Fsp3) is 0.167. The van der Waals surface area contributed by atoms with E-state index in [1.807, 2.05) is 0 Å². The first kappa shape index (κ1) is 8.25. The Bertz CT molecular complexity index is 357. The number of rotatable bonds is 2. The van der Waals surface area contributed by atoms with Gasteiger partial charge in [-0.05, 0) is 0 Å². The van der Waals surface area contributed by atoms with Crippen molar-refractivity contribution in [3.8, 4) is 5.88 Å². The highest BCUT2D eigenvalue weighted by atomic mass is 16.5. The lowest BCUT2D eigenvalue weighted by Crippen LogP contribution is -2.18. The zero-order valence-corrected chi connectivity index (χ0v) is 6.33. The Morgan fingerprint density at radius 2 is 2.42 bits per heavy atom. The van der Waals surface area contributed by atoms with Crippen molar-refractivity contribution in [3.05, 3.63) is 22.0 Å². The maximum absolute atomic E-state index is 10.7. The largest absolute Gasteiger partial charge is 0.479 e. The number of hydrogen-bond donors (Lipinski definition) is 2. The van der Waals surface area contributed by atoms with Gasteiger partial charge in [-0.1, -0.05) is 0 Å². The molecule has 1 aromatic rings. The van der Waals surface area contributed by atoms with Gasteiger partial charge < -0.3 is 10.5 Å². The Hall–Kier alpha value is -1.85. The first-order valence-corrected chi connectivity index (χ1v) is 3.08. The summed E-state index contributed by atoms with van der Waals surface area (Å²) >= 11 is 0. The van der Waals surface area contributed by atoms with E-state index in [1.165, 1.54) is 7.11 Å². The minimum Gasteiger partial charge on any atom is -0.479 e. The molecule has 1 heterocycles. The normalized spacial score (nSPS) is 9.42. The summed E-state index contributed by atoms with van der Waals surface area (Å²) in [5.41, 5.74) is 4.42. The number of nitrogens with two attached hydrogens (primary N) is 1. The Kier molecular flexibility index (Phi) is 2.09. The fourth-order valence-corrected chi connectivity index (χ4v) is 0.723. The molecule has 3 N–H and O–H groups in total. The predicted octanol–water partition coefficient (Wildman–Crippen LogP) is -1.12. The Balaban J connectivity index is 3.31. The molecule has 0 bridgehead atoms. The van der Waals surface area contributed by atoms with Crippen LogP contribution in [-0.4, -0.2) is 23.2 Å². The Labute approximate surface area is 67.3 Å². The van der Waals surface area contributed by atoms with Gasteiger partial charge in [-0.2, -0.15) is 0 Å². The zero-order chi connectivity index (χ0) is 9.14. The van der Waals surface area contributed by atoms with E-state index in [9.17, 15) is 9.59 Å². The third-order valence-corrected chi connectivity index (χ3v) is 1.23. The predicted molar refractivity (Wildman–Crippen MR) is 39.9 cm³/mol. The first-order chi connectivity index (χ1) is 5.65. The van der Waals surface area contributed by atoms with Gasteiger partial charge in [0.15, 0.2) is 0 Å². The van der Waals surface area contributed by atoms with Crippen LogP contribution >= 0.6 is 0 Å². The fourth-order valence-electron chi connectivity index (χ4n) is 0.723. The van der Waals surface area contributed by atoms with E-state index in [0.29, 0.717) is 0 Å². The molecule has 1 rings (SSSR count). The Morgan fingerprint density at radius 3 is 2.92 bits per heavy atom. The minimum atomic E-state index is -0.745. The number of H-pyrrole nitrogens is 1. The van der Waals surface area contributed by atoms with Crippen molar-refractivity contribution in [1.29, 1.82) is 0 Å². The number of carbonyl (C=O) groups is 1. The molecule has 0 aliphatic carbocycles. The molecule has 0 aliphatic heterocycles. The van der Waals surface area contributed by atoms with Crippen LogP contribution in [0.4, 0.5) is 0 Å². The van der Waals surface area contributed by atoms with E-state index >= 15 is 0 Å². The molecule has 6 heteroatoms. The zero-order valence-electron chi connectivity index (χ0n) is 6.33. The molecule has 0 radical (unpaired) electrons. The van der Waals surface area contributed by atoms with Crippen molar-refractivity contribution in [3.63, 3.8) is 0 Å². The lowest BCUT2D eigenvalue weighted by atomic mass is 10.3. The summed E-state index contributed by atoms with van der Waals surface area (Å²) in [4.78, 5) is 21.4.